The molecule has 0 spiro atoms. The van der Waals surface area contributed by atoms with Gasteiger partial charge in [0, 0.05) is 12.2 Å². The molecule has 0 fully saturated rings. The van der Waals surface area contributed by atoms with Gasteiger partial charge in [-0.25, -0.2) is 4.68 Å². The quantitative estimate of drug-likeness (QED) is 0.675. The molecule has 0 aromatic carbocycles. The van der Waals surface area contributed by atoms with Crippen LogP contribution in [0.25, 0.3) is 0 Å². The van der Waals surface area contributed by atoms with E-state index < -0.39 is 4.92 Å². The van der Waals surface area contributed by atoms with Gasteiger partial charge in [0.05, 0.1) is 17.2 Å². The van der Waals surface area contributed by atoms with Crippen LogP contribution in [0.3, 0.4) is 0 Å². The third-order valence-corrected chi connectivity index (χ3v) is 3.27. The Morgan fingerprint density at radius 2 is 2.14 bits per heavy atom. The summed E-state index contributed by atoms with van der Waals surface area (Å²) in [6.07, 6.45) is 1.71. The molecule has 1 N–H and O–H groups in total. The Balaban J connectivity index is 2.34. The van der Waals surface area contributed by atoms with E-state index in [0.29, 0.717) is 18.1 Å². The lowest BCUT2D eigenvalue weighted by molar-refractivity contribution is -0.384. The maximum atomic E-state index is 11.3. The Hall–Kier alpha value is -2.44. The minimum atomic E-state index is -0.394. The van der Waals surface area contributed by atoms with E-state index in [1.807, 2.05) is 32.9 Å². The SMILES string of the molecule is Cc1cccnc1CNc1c([N+](=O)[O-])c(C)nn1C(C)C. The van der Waals surface area contributed by atoms with Crippen LogP contribution in [-0.4, -0.2) is 19.7 Å². The van der Waals surface area contributed by atoms with Crippen LogP contribution < -0.4 is 5.32 Å². The fourth-order valence-corrected chi connectivity index (χ4v) is 2.17. The van der Waals surface area contributed by atoms with Gasteiger partial charge in [-0.3, -0.25) is 15.1 Å². The zero-order valence-corrected chi connectivity index (χ0v) is 12.6. The molecule has 0 aliphatic rings. The van der Waals surface area contributed by atoms with E-state index in [0.717, 1.165) is 11.3 Å². The number of nitro groups is 1. The van der Waals surface area contributed by atoms with E-state index in [1.165, 1.54) is 0 Å². The van der Waals surface area contributed by atoms with Crippen LogP contribution in [0.5, 0.6) is 0 Å². The van der Waals surface area contributed by atoms with E-state index in [9.17, 15) is 10.1 Å². The van der Waals surface area contributed by atoms with E-state index in [2.05, 4.69) is 15.4 Å². The molecule has 0 saturated carbocycles. The number of anilines is 1. The molecule has 2 heterocycles. The molecule has 0 radical (unpaired) electrons. The summed E-state index contributed by atoms with van der Waals surface area (Å²) in [5.74, 6) is 0.428. The second-order valence-corrected chi connectivity index (χ2v) is 5.20. The summed E-state index contributed by atoms with van der Waals surface area (Å²) < 4.78 is 1.64. The van der Waals surface area contributed by atoms with E-state index in [-0.39, 0.29) is 11.7 Å². The molecule has 0 unspecified atom stereocenters. The Labute approximate surface area is 123 Å². The Morgan fingerprint density at radius 1 is 1.43 bits per heavy atom. The molecule has 2 rings (SSSR count). The number of pyridine rings is 1. The highest BCUT2D eigenvalue weighted by Crippen LogP contribution is 2.30. The molecular weight excluding hydrogens is 270 g/mol. The molecule has 21 heavy (non-hydrogen) atoms. The van der Waals surface area contributed by atoms with Crippen molar-refractivity contribution in [2.45, 2.75) is 40.3 Å². The molecule has 7 nitrogen and oxygen atoms in total. The molecule has 0 amide bonds. The van der Waals surface area contributed by atoms with Gasteiger partial charge in [0.15, 0.2) is 0 Å². The minimum absolute atomic E-state index is 0.0253. The highest BCUT2D eigenvalue weighted by atomic mass is 16.6. The van der Waals surface area contributed by atoms with Crippen molar-refractivity contribution in [3.8, 4) is 0 Å². The molecule has 2 aromatic rings. The minimum Gasteiger partial charge on any atom is -0.359 e. The predicted molar refractivity (Wildman–Crippen MR) is 80.3 cm³/mol. The number of hydrogen-bond donors (Lipinski definition) is 1. The zero-order valence-electron chi connectivity index (χ0n) is 12.6. The van der Waals surface area contributed by atoms with Crippen molar-refractivity contribution in [3.63, 3.8) is 0 Å². The Bertz CT molecular complexity index is 663. The average Bonchev–Trinajstić information content (AvgIpc) is 2.75. The normalized spacial score (nSPS) is 10.9. The van der Waals surface area contributed by atoms with Crippen LogP contribution in [-0.2, 0) is 6.54 Å². The largest absolute Gasteiger partial charge is 0.359 e. The van der Waals surface area contributed by atoms with Gasteiger partial charge in [-0.05, 0) is 39.3 Å². The molecule has 0 bridgehead atoms. The summed E-state index contributed by atoms with van der Waals surface area (Å²) in [6, 6.07) is 3.86. The monoisotopic (exact) mass is 289 g/mol. The average molecular weight is 289 g/mol. The summed E-state index contributed by atoms with van der Waals surface area (Å²) in [5, 5.41) is 18.6. The predicted octanol–water partition coefficient (Wildman–Crippen LogP) is 3.00. The van der Waals surface area contributed by atoms with Gasteiger partial charge in [-0.2, -0.15) is 5.10 Å². The van der Waals surface area contributed by atoms with E-state index in [4.69, 9.17) is 0 Å². The van der Waals surface area contributed by atoms with Crippen LogP contribution >= 0.6 is 0 Å². The fraction of sp³-hybridized carbons (Fsp3) is 0.429. The smallest absolute Gasteiger partial charge is 0.333 e. The topological polar surface area (TPSA) is 85.9 Å². The third-order valence-electron chi connectivity index (χ3n) is 3.27. The number of hydrogen-bond acceptors (Lipinski definition) is 5. The van der Waals surface area contributed by atoms with Crippen molar-refractivity contribution in [2.24, 2.45) is 0 Å². The number of nitrogens with one attached hydrogen (secondary N) is 1. The van der Waals surface area contributed by atoms with Crippen molar-refractivity contribution in [1.29, 1.82) is 0 Å². The standard InChI is InChI=1S/C14H19N5O2/c1-9(2)18-14(13(19(20)21)11(4)17-18)16-8-12-10(3)6-5-7-15-12/h5-7,9,16H,8H2,1-4H3. The van der Waals surface area contributed by atoms with Crippen LogP contribution in [0, 0.1) is 24.0 Å². The van der Waals surface area contributed by atoms with Crippen molar-refractivity contribution in [2.75, 3.05) is 5.32 Å². The lowest BCUT2D eigenvalue weighted by Crippen LogP contribution is -2.12. The van der Waals surface area contributed by atoms with Crippen molar-refractivity contribution in [1.82, 2.24) is 14.8 Å². The van der Waals surface area contributed by atoms with Crippen molar-refractivity contribution >= 4 is 11.5 Å². The van der Waals surface area contributed by atoms with Gasteiger partial charge < -0.3 is 5.32 Å². The highest BCUT2D eigenvalue weighted by Gasteiger charge is 2.26. The summed E-state index contributed by atoms with van der Waals surface area (Å²) in [4.78, 5) is 15.1. The fourth-order valence-electron chi connectivity index (χ4n) is 2.17. The van der Waals surface area contributed by atoms with Crippen LogP contribution in [0.2, 0.25) is 0 Å². The summed E-state index contributed by atoms with van der Waals surface area (Å²) in [5.41, 5.74) is 2.34. The number of aryl methyl sites for hydroxylation is 2. The lowest BCUT2D eigenvalue weighted by atomic mass is 10.2. The van der Waals surface area contributed by atoms with E-state index in [1.54, 1.807) is 17.8 Å². The number of nitrogens with zero attached hydrogens (tertiary/aromatic N) is 4. The van der Waals surface area contributed by atoms with Gasteiger partial charge in [-0.15, -0.1) is 0 Å². The zero-order chi connectivity index (χ0) is 15.6. The summed E-state index contributed by atoms with van der Waals surface area (Å²) in [6.45, 7) is 7.91. The van der Waals surface area contributed by atoms with Crippen molar-refractivity contribution < 1.29 is 4.92 Å². The second kappa shape index (κ2) is 5.90. The number of rotatable bonds is 5. The van der Waals surface area contributed by atoms with E-state index >= 15 is 0 Å². The molecule has 0 aliphatic carbocycles. The Morgan fingerprint density at radius 3 is 2.71 bits per heavy atom. The first-order chi connectivity index (χ1) is 9.91. The molecule has 112 valence electrons. The Kier molecular flexibility index (Phi) is 4.21. The first-order valence-electron chi connectivity index (χ1n) is 6.79. The van der Waals surface area contributed by atoms with Crippen LogP contribution in [0.1, 0.15) is 36.8 Å². The molecular formula is C14H19N5O2. The van der Waals surface area contributed by atoms with Gasteiger partial charge >= 0.3 is 5.69 Å². The number of aromatic nitrogens is 3. The molecule has 0 saturated heterocycles. The van der Waals surface area contributed by atoms with Crippen molar-refractivity contribution in [3.05, 3.63) is 45.4 Å². The lowest BCUT2D eigenvalue weighted by Gasteiger charge is -2.12. The first kappa shape index (κ1) is 15.0. The van der Waals surface area contributed by atoms with Crippen LogP contribution in [0.15, 0.2) is 18.3 Å². The summed E-state index contributed by atoms with van der Waals surface area (Å²) >= 11 is 0. The van der Waals surface area contributed by atoms with Gasteiger partial charge in [0.1, 0.15) is 5.69 Å². The first-order valence-corrected chi connectivity index (χ1v) is 6.79. The third kappa shape index (κ3) is 3.01. The van der Waals surface area contributed by atoms with Gasteiger partial charge in [0.25, 0.3) is 0 Å². The summed E-state index contributed by atoms with van der Waals surface area (Å²) in [7, 11) is 0. The second-order valence-electron chi connectivity index (χ2n) is 5.20. The molecule has 7 heteroatoms. The highest BCUT2D eigenvalue weighted by molar-refractivity contribution is 5.59. The van der Waals surface area contributed by atoms with Gasteiger partial charge in [0.2, 0.25) is 5.82 Å². The molecule has 0 atom stereocenters. The molecule has 0 aliphatic heterocycles. The maximum Gasteiger partial charge on any atom is 0.333 e. The molecule has 2 aromatic heterocycles. The van der Waals surface area contributed by atoms with Gasteiger partial charge in [-0.1, -0.05) is 6.07 Å². The van der Waals surface area contributed by atoms with Crippen LogP contribution in [0.4, 0.5) is 11.5 Å². The maximum absolute atomic E-state index is 11.3.